The van der Waals surface area contributed by atoms with Crippen LogP contribution in [0, 0.1) is 5.92 Å². The van der Waals surface area contributed by atoms with Crippen LogP contribution in [0.4, 0.5) is 4.79 Å². The standard InChI is InChI=1S/C23H28N2O6/c1-28-19-13-17(14-20(29-2)21(19)30-3)22(26)24-15-16-9-11-25(12-10-16)23(27)31-18-7-5-4-6-8-18/h4-8,13-14,16H,9-12,15H2,1-3H3,(H,24,26). The lowest BCUT2D eigenvalue weighted by atomic mass is 9.97. The summed E-state index contributed by atoms with van der Waals surface area (Å²) in [6.45, 7) is 1.71. The summed E-state index contributed by atoms with van der Waals surface area (Å²) in [7, 11) is 4.53. The number of nitrogens with one attached hydrogen (secondary N) is 1. The minimum absolute atomic E-state index is 0.217. The summed E-state index contributed by atoms with van der Waals surface area (Å²) in [6.07, 6.45) is 1.24. The zero-order valence-corrected chi connectivity index (χ0v) is 18.1. The molecule has 0 atom stereocenters. The third-order valence-corrected chi connectivity index (χ3v) is 5.30. The van der Waals surface area contributed by atoms with Gasteiger partial charge in [0.15, 0.2) is 11.5 Å². The Morgan fingerprint density at radius 1 is 0.968 bits per heavy atom. The van der Waals surface area contributed by atoms with Crippen molar-refractivity contribution in [2.24, 2.45) is 5.92 Å². The number of ether oxygens (including phenoxy) is 4. The van der Waals surface area contributed by atoms with Gasteiger partial charge in [0, 0.05) is 25.2 Å². The van der Waals surface area contributed by atoms with E-state index in [1.807, 2.05) is 18.2 Å². The number of benzene rings is 2. The molecule has 1 fully saturated rings. The normalized spacial score (nSPS) is 14.0. The molecule has 0 bridgehead atoms. The van der Waals surface area contributed by atoms with Crippen LogP contribution in [0.2, 0.25) is 0 Å². The van der Waals surface area contributed by atoms with Gasteiger partial charge in [-0.1, -0.05) is 18.2 Å². The molecular weight excluding hydrogens is 400 g/mol. The van der Waals surface area contributed by atoms with Crippen molar-refractivity contribution in [3.05, 3.63) is 48.0 Å². The fraction of sp³-hybridized carbons (Fsp3) is 0.391. The molecule has 1 aliphatic rings. The second-order valence-electron chi connectivity index (χ2n) is 7.24. The molecule has 0 saturated carbocycles. The molecule has 2 aromatic rings. The van der Waals surface area contributed by atoms with Gasteiger partial charge in [-0.15, -0.1) is 0 Å². The summed E-state index contributed by atoms with van der Waals surface area (Å²) < 4.78 is 21.3. The van der Waals surface area contributed by atoms with Gasteiger partial charge >= 0.3 is 6.09 Å². The molecule has 0 unspecified atom stereocenters. The van der Waals surface area contributed by atoms with Crippen molar-refractivity contribution < 1.29 is 28.5 Å². The first-order chi connectivity index (χ1) is 15.0. The van der Waals surface area contributed by atoms with E-state index >= 15 is 0 Å². The Kier molecular flexibility index (Phi) is 7.59. The third kappa shape index (κ3) is 5.59. The SMILES string of the molecule is COc1cc(C(=O)NCC2CCN(C(=O)Oc3ccccc3)CC2)cc(OC)c1OC. The highest BCUT2D eigenvalue weighted by Gasteiger charge is 2.25. The van der Waals surface area contributed by atoms with Crippen LogP contribution in [0.5, 0.6) is 23.0 Å². The van der Waals surface area contributed by atoms with E-state index in [2.05, 4.69) is 5.32 Å². The zero-order valence-electron chi connectivity index (χ0n) is 18.1. The minimum Gasteiger partial charge on any atom is -0.493 e. The molecule has 3 rings (SSSR count). The van der Waals surface area contributed by atoms with Gasteiger partial charge in [-0.25, -0.2) is 4.79 Å². The van der Waals surface area contributed by atoms with Gasteiger partial charge in [-0.2, -0.15) is 0 Å². The molecule has 1 aliphatic heterocycles. The smallest absolute Gasteiger partial charge is 0.415 e. The van der Waals surface area contributed by atoms with E-state index in [0.29, 0.717) is 48.2 Å². The summed E-state index contributed by atoms with van der Waals surface area (Å²) in [5.41, 5.74) is 0.429. The van der Waals surface area contributed by atoms with Gasteiger partial charge in [0.1, 0.15) is 5.75 Å². The Balaban J connectivity index is 1.50. The number of amides is 2. The predicted octanol–water partition coefficient (Wildman–Crippen LogP) is 3.35. The third-order valence-electron chi connectivity index (χ3n) is 5.30. The molecule has 0 aliphatic carbocycles. The number of rotatable bonds is 7. The zero-order chi connectivity index (χ0) is 22.2. The largest absolute Gasteiger partial charge is 0.493 e. The molecule has 0 radical (unpaired) electrons. The molecule has 8 nitrogen and oxygen atoms in total. The van der Waals surface area contributed by atoms with Crippen molar-refractivity contribution >= 4 is 12.0 Å². The first-order valence-corrected chi connectivity index (χ1v) is 10.2. The van der Waals surface area contributed by atoms with Crippen LogP contribution in [0.15, 0.2) is 42.5 Å². The van der Waals surface area contributed by atoms with Crippen molar-refractivity contribution in [2.45, 2.75) is 12.8 Å². The van der Waals surface area contributed by atoms with Crippen molar-refractivity contribution in [2.75, 3.05) is 41.0 Å². The quantitative estimate of drug-likeness (QED) is 0.728. The highest BCUT2D eigenvalue weighted by molar-refractivity contribution is 5.95. The van der Waals surface area contributed by atoms with Gasteiger partial charge < -0.3 is 29.2 Å². The number of likely N-dealkylation sites (tertiary alicyclic amines) is 1. The molecule has 1 saturated heterocycles. The van der Waals surface area contributed by atoms with Gasteiger partial charge in [0.05, 0.1) is 21.3 Å². The van der Waals surface area contributed by atoms with Gasteiger partial charge in [-0.3, -0.25) is 4.79 Å². The molecule has 31 heavy (non-hydrogen) atoms. The van der Waals surface area contributed by atoms with Crippen LogP contribution < -0.4 is 24.3 Å². The van der Waals surface area contributed by atoms with E-state index in [9.17, 15) is 9.59 Å². The number of piperidine rings is 1. The molecular formula is C23H28N2O6. The number of nitrogens with zero attached hydrogens (tertiary/aromatic N) is 1. The molecule has 166 valence electrons. The molecule has 0 aromatic heterocycles. The van der Waals surface area contributed by atoms with Gasteiger partial charge in [-0.05, 0) is 43.0 Å². The number of methoxy groups -OCH3 is 3. The van der Waals surface area contributed by atoms with Gasteiger partial charge in [0.2, 0.25) is 5.75 Å². The first-order valence-electron chi connectivity index (χ1n) is 10.2. The summed E-state index contributed by atoms with van der Waals surface area (Å²) in [6, 6.07) is 12.3. The Labute approximate surface area is 182 Å². The summed E-state index contributed by atoms with van der Waals surface area (Å²) in [5, 5.41) is 2.97. The van der Waals surface area contributed by atoms with Crippen LogP contribution in [0.1, 0.15) is 23.2 Å². The number of carbonyl (C=O) groups excluding carboxylic acids is 2. The average molecular weight is 428 g/mol. The minimum atomic E-state index is -0.342. The Morgan fingerprint density at radius 3 is 2.13 bits per heavy atom. The average Bonchev–Trinajstić information content (AvgIpc) is 2.82. The molecule has 1 N–H and O–H groups in total. The number of para-hydroxylation sites is 1. The van der Waals surface area contributed by atoms with Crippen molar-refractivity contribution in [3.63, 3.8) is 0 Å². The van der Waals surface area contributed by atoms with E-state index in [-0.39, 0.29) is 17.9 Å². The number of carbonyl (C=O) groups is 2. The Bertz CT molecular complexity index is 869. The van der Waals surface area contributed by atoms with Gasteiger partial charge in [0.25, 0.3) is 5.91 Å². The Morgan fingerprint density at radius 2 is 1.58 bits per heavy atom. The molecule has 2 amide bonds. The van der Waals surface area contributed by atoms with E-state index in [1.54, 1.807) is 29.2 Å². The van der Waals surface area contributed by atoms with Crippen LogP contribution in [-0.2, 0) is 0 Å². The maximum Gasteiger partial charge on any atom is 0.415 e. The fourth-order valence-corrected chi connectivity index (χ4v) is 3.52. The molecule has 1 heterocycles. The van der Waals surface area contributed by atoms with E-state index in [4.69, 9.17) is 18.9 Å². The fourth-order valence-electron chi connectivity index (χ4n) is 3.52. The van der Waals surface area contributed by atoms with E-state index in [0.717, 1.165) is 12.8 Å². The summed E-state index contributed by atoms with van der Waals surface area (Å²) in [4.78, 5) is 26.6. The number of hydrogen-bond acceptors (Lipinski definition) is 6. The predicted molar refractivity (Wildman–Crippen MR) is 115 cm³/mol. The molecule has 8 heteroatoms. The highest BCUT2D eigenvalue weighted by Crippen LogP contribution is 2.38. The summed E-state index contributed by atoms with van der Waals surface area (Å²) >= 11 is 0. The Hall–Kier alpha value is -3.42. The topological polar surface area (TPSA) is 86.3 Å². The second kappa shape index (κ2) is 10.6. The second-order valence-corrected chi connectivity index (χ2v) is 7.24. The molecule has 2 aromatic carbocycles. The molecule has 0 spiro atoms. The van der Waals surface area contributed by atoms with Crippen LogP contribution in [0.3, 0.4) is 0 Å². The van der Waals surface area contributed by atoms with Crippen LogP contribution >= 0.6 is 0 Å². The summed E-state index contributed by atoms with van der Waals surface area (Å²) in [5.74, 6) is 1.90. The maximum absolute atomic E-state index is 12.7. The van der Waals surface area contributed by atoms with Crippen LogP contribution in [0.25, 0.3) is 0 Å². The monoisotopic (exact) mass is 428 g/mol. The van der Waals surface area contributed by atoms with Crippen molar-refractivity contribution in [1.29, 1.82) is 0 Å². The number of hydrogen-bond donors (Lipinski definition) is 1. The lowest BCUT2D eigenvalue weighted by molar-refractivity contribution is 0.0930. The van der Waals surface area contributed by atoms with E-state index in [1.165, 1.54) is 21.3 Å². The van der Waals surface area contributed by atoms with Crippen molar-refractivity contribution in [3.8, 4) is 23.0 Å². The first kappa shape index (κ1) is 22.3. The highest BCUT2D eigenvalue weighted by atomic mass is 16.6. The lowest BCUT2D eigenvalue weighted by Crippen LogP contribution is -2.42. The lowest BCUT2D eigenvalue weighted by Gasteiger charge is -2.31. The van der Waals surface area contributed by atoms with Crippen molar-refractivity contribution in [1.82, 2.24) is 10.2 Å². The maximum atomic E-state index is 12.7. The van der Waals surface area contributed by atoms with E-state index < -0.39 is 0 Å². The van der Waals surface area contributed by atoms with Crippen LogP contribution in [-0.4, -0.2) is 57.9 Å².